The predicted molar refractivity (Wildman–Crippen MR) is 124 cm³/mol. The summed E-state index contributed by atoms with van der Waals surface area (Å²) in [7, 11) is 0. The van der Waals surface area contributed by atoms with Crippen molar-refractivity contribution in [3.63, 3.8) is 0 Å². The van der Waals surface area contributed by atoms with Crippen LogP contribution in [0.25, 0.3) is 16.7 Å². The lowest BCUT2D eigenvalue weighted by atomic mass is 10.1. The van der Waals surface area contributed by atoms with Gasteiger partial charge < -0.3 is 14.8 Å². The van der Waals surface area contributed by atoms with Gasteiger partial charge in [-0.3, -0.25) is 14.2 Å². The van der Waals surface area contributed by atoms with E-state index in [4.69, 9.17) is 9.47 Å². The Labute approximate surface area is 202 Å². The van der Waals surface area contributed by atoms with E-state index < -0.39 is 29.8 Å². The molecule has 0 radical (unpaired) electrons. The number of alkyl halides is 3. The highest BCUT2D eigenvalue weighted by Crippen LogP contribution is 2.36. The van der Waals surface area contributed by atoms with Crippen LogP contribution in [0.15, 0.2) is 53.3 Å². The van der Waals surface area contributed by atoms with Crippen LogP contribution in [0.5, 0.6) is 11.5 Å². The number of aryl methyl sites for hydroxylation is 2. The van der Waals surface area contributed by atoms with Gasteiger partial charge in [0.05, 0.1) is 22.3 Å². The minimum atomic E-state index is -4.77. The predicted octanol–water partition coefficient (Wildman–Crippen LogP) is 3.87. The molecule has 1 aliphatic rings. The van der Waals surface area contributed by atoms with Crippen molar-refractivity contribution >= 4 is 16.9 Å². The summed E-state index contributed by atoms with van der Waals surface area (Å²) in [5, 5.41) is 6.77. The maximum atomic E-state index is 13.9. The molecule has 0 unspecified atom stereocenters. The summed E-state index contributed by atoms with van der Waals surface area (Å²) in [5.74, 6) is 0.605. The summed E-state index contributed by atoms with van der Waals surface area (Å²) in [6, 6.07) is 12.7. The van der Waals surface area contributed by atoms with Crippen molar-refractivity contribution in [2.75, 3.05) is 6.79 Å². The minimum Gasteiger partial charge on any atom is -0.454 e. The van der Waals surface area contributed by atoms with E-state index in [0.717, 1.165) is 15.7 Å². The van der Waals surface area contributed by atoms with Crippen LogP contribution in [0.2, 0.25) is 0 Å². The normalized spacial score (nSPS) is 12.8. The number of benzene rings is 2. The zero-order valence-electron chi connectivity index (χ0n) is 19.3. The van der Waals surface area contributed by atoms with Gasteiger partial charge in [0.2, 0.25) is 12.7 Å². The van der Waals surface area contributed by atoms with Crippen LogP contribution in [0.4, 0.5) is 13.2 Å². The molecule has 186 valence electrons. The molecule has 1 amide bonds. The Bertz CT molecular complexity index is 1540. The van der Waals surface area contributed by atoms with Gasteiger partial charge in [0.1, 0.15) is 12.2 Å². The minimum absolute atomic E-state index is 0.0902. The van der Waals surface area contributed by atoms with Crippen LogP contribution in [0.1, 0.15) is 22.4 Å². The van der Waals surface area contributed by atoms with E-state index in [2.05, 4.69) is 10.4 Å². The molecule has 36 heavy (non-hydrogen) atoms. The lowest BCUT2D eigenvalue weighted by molar-refractivity contribution is -0.136. The van der Waals surface area contributed by atoms with E-state index >= 15 is 0 Å². The molecule has 2 aromatic carbocycles. The van der Waals surface area contributed by atoms with Crippen LogP contribution >= 0.6 is 0 Å². The molecule has 3 heterocycles. The number of nitrogens with one attached hydrogen (secondary N) is 1. The van der Waals surface area contributed by atoms with Crippen LogP contribution in [0, 0.1) is 13.8 Å². The highest BCUT2D eigenvalue weighted by atomic mass is 19.4. The quantitative estimate of drug-likeness (QED) is 0.452. The Kier molecular flexibility index (Phi) is 5.70. The number of carbonyl (C=O) groups is 1. The van der Waals surface area contributed by atoms with E-state index in [-0.39, 0.29) is 30.1 Å². The molecule has 5 rings (SSSR count). The second kappa shape index (κ2) is 8.74. The van der Waals surface area contributed by atoms with Crippen molar-refractivity contribution in [2.24, 2.45) is 0 Å². The van der Waals surface area contributed by atoms with Gasteiger partial charge >= 0.3 is 6.18 Å². The fourth-order valence-corrected chi connectivity index (χ4v) is 4.15. The zero-order valence-corrected chi connectivity index (χ0v) is 19.3. The van der Waals surface area contributed by atoms with E-state index in [1.165, 1.54) is 11.6 Å². The first-order valence-corrected chi connectivity index (χ1v) is 11.0. The molecule has 11 heteroatoms. The molecule has 0 saturated heterocycles. The monoisotopic (exact) mass is 498 g/mol. The molecule has 8 nitrogen and oxygen atoms in total. The second-order valence-corrected chi connectivity index (χ2v) is 8.48. The summed E-state index contributed by atoms with van der Waals surface area (Å²) in [4.78, 5) is 25.7. The Morgan fingerprint density at radius 3 is 2.50 bits per heavy atom. The Balaban J connectivity index is 1.53. The van der Waals surface area contributed by atoms with Crippen LogP contribution in [0.3, 0.4) is 0 Å². The third kappa shape index (κ3) is 4.28. The van der Waals surface area contributed by atoms with Crippen LogP contribution < -0.4 is 20.3 Å². The molecule has 0 bridgehead atoms. The standard InChI is InChI=1S/C25H21F3N4O4/c1-14-3-6-17(7-4-14)32-24-23(15(2)30-32)18(25(26,27)28)10-22(34)31(24)12-21(33)29-11-16-5-8-19-20(9-16)36-13-35-19/h3-10H,11-13H2,1-2H3,(H,29,33). The Hall–Kier alpha value is -4.28. The van der Waals surface area contributed by atoms with Gasteiger partial charge in [-0.1, -0.05) is 23.8 Å². The summed E-state index contributed by atoms with van der Waals surface area (Å²) in [6.07, 6.45) is -4.77. The number of hydrogen-bond acceptors (Lipinski definition) is 5. The first kappa shape index (κ1) is 23.5. The molecular formula is C25H21F3N4O4. The lowest BCUT2D eigenvalue weighted by Gasteiger charge is -2.15. The lowest BCUT2D eigenvalue weighted by Crippen LogP contribution is -2.33. The van der Waals surface area contributed by atoms with Crippen LogP contribution in [-0.4, -0.2) is 27.0 Å². The van der Waals surface area contributed by atoms with Crippen molar-refractivity contribution in [3.8, 4) is 17.2 Å². The summed E-state index contributed by atoms with van der Waals surface area (Å²) in [5.41, 5.74) is 0.0896. The molecule has 1 N–H and O–H groups in total. The first-order valence-electron chi connectivity index (χ1n) is 11.0. The fraction of sp³-hybridized carbons (Fsp3) is 0.240. The molecule has 1 aliphatic heterocycles. The Morgan fingerprint density at radius 2 is 1.78 bits per heavy atom. The van der Waals surface area contributed by atoms with Crippen LogP contribution in [-0.2, 0) is 24.1 Å². The molecule has 2 aromatic heterocycles. The van der Waals surface area contributed by atoms with Gasteiger partial charge in [0.25, 0.3) is 5.56 Å². The zero-order chi connectivity index (χ0) is 25.6. The Morgan fingerprint density at radius 1 is 1.06 bits per heavy atom. The number of halogens is 3. The summed E-state index contributed by atoms with van der Waals surface area (Å²) in [6.45, 7) is 3.07. The van der Waals surface area contributed by atoms with Crippen molar-refractivity contribution < 1.29 is 27.4 Å². The third-order valence-electron chi connectivity index (χ3n) is 5.91. The molecule has 0 saturated carbocycles. The van der Waals surface area contributed by atoms with E-state index in [0.29, 0.717) is 23.3 Å². The van der Waals surface area contributed by atoms with E-state index in [1.807, 2.05) is 6.92 Å². The van der Waals surface area contributed by atoms with Crippen molar-refractivity contribution in [3.05, 3.63) is 81.3 Å². The fourth-order valence-electron chi connectivity index (χ4n) is 4.15. The van der Waals surface area contributed by atoms with Gasteiger partial charge in [0, 0.05) is 12.6 Å². The topological polar surface area (TPSA) is 87.4 Å². The molecule has 0 fully saturated rings. The smallest absolute Gasteiger partial charge is 0.417 e. The number of aromatic nitrogens is 3. The SMILES string of the molecule is Cc1ccc(-n2nc(C)c3c(C(F)(F)F)cc(=O)n(CC(=O)NCc4ccc5c(c4)OCO5)c32)cc1. The number of hydrogen-bond donors (Lipinski definition) is 1. The number of fused-ring (bicyclic) bond motifs is 2. The van der Waals surface area contributed by atoms with Crippen molar-refractivity contribution in [2.45, 2.75) is 33.1 Å². The highest BCUT2D eigenvalue weighted by Gasteiger charge is 2.36. The number of carbonyl (C=O) groups excluding carboxylic acids is 1. The first-order chi connectivity index (χ1) is 17.1. The number of nitrogens with zero attached hydrogens (tertiary/aromatic N) is 3. The highest BCUT2D eigenvalue weighted by molar-refractivity contribution is 5.86. The van der Waals surface area contributed by atoms with E-state index in [1.54, 1.807) is 42.5 Å². The number of amides is 1. The second-order valence-electron chi connectivity index (χ2n) is 8.48. The molecule has 0 aliphatic carbocycles. The van der Waals surface area contributed by atoms with Gasteiger partial charge in [0.15, 0.2) is 11.5 Å². The number of pyridine rings is 1. The molecule has 4 aromatic rings. The average molecular weight is 498 g/mol. The summed E-state index contributed by atoms with van der Waals surface area (Å²) >= 11 is 0. The van der Waals surface area contributed by atoms with Gasteiger partial charge in [-0.15, -0.1) is 0 Å². The largest absolute Gasteiger partial charge is 0.454 e. The number of ether oxygens (including phenoxy) is 2. The maximum absolute atomic E-state index is 13.9. The molecule has 0 atom stereocenters. The van der Waals surface area contributed by atoms with Gasteiger partial charge in [-0.2, -0.15) is 18.3 Å². The van der Waals surface area contributed by atoms with Crippen molar-refractivity contribution in [1.82, 2.24) is 19.7 Å². The third-order valence-corrected chi connectivity index (χ3v) is 5.91. The summed E-state index contributed by atoms with van der Waals surface area (Å²) < 4.78 is 54.4. The molecule has 0 spiro atoms. The number of rotatable bonds is 5. The van der Waals surface area contributed by atoms with Gasteiger partial charge in [-0.05, 0) is 43.7 Å². The molecular weight excluding hydrogens is 477 g/mol. The van der Waals surface area contributed by atoms with Gasteiger partial charge in [-0.25, -0.2) is 4.68 Å². The van der Waals surface area contributed by atoms with E-state index in [9.17, 15) is 22.8 Å². The average Bonchev–Trinajstić information content (AvgIpc) is 3.43. The maximum Gasteiger partial charge on any atom is 0.417 e. The van der Waals surface area contributed by atoms with Crippen molar-refractivity contribution in [1.29, 1.82) is 0 Å².